The van der Waals surface area contributed by atoms with Crippen molar-refractivity contribution in [3.05, 3.63) is 82.5 Å². The Morgan fingerprint density at radius 2 is 1.78 bits per heavy atom. The van der Waals surface area contributed by atoms with E-state index < -0.39 is 28.1 Å². The molecule has 0 saturated heterocycles. The first-order valence-corrected chi connectivity index (χ1v) is 13.3. The van der Waals surface area contributed by atoms with E-state index in [9.17, 15) is 13.2 Å². The Labute approximate surface area is 217 Å². The predicted molar refractivity (Wildman–Crippen MR) is 138 cm³/mol. The number of para-hydroxylation sites is 2. The molecule has 4 aromatic rings. The maximum absolute atomic E-state index is 13.7. The largest absolute Gasteiger partial charge is 0.495 e. The molecule has 5 rings (SSSR count). The summed E-state index contributed by atoms with van der Waals surface area (Å²) in [4.78, 5) is 13.6. The van der Waals surface area contributed by atoms with Gasteiger partial charge in [0.25, 0.3) is 16.3 Å². The molecule has 1 unspecified atom stereocenters. The van der Waals surface area contributed by atoms with Gasteiger partial charge in [0.2, 0.25) is 5.91 Å². The average molecular weight is 571 g/mol. The molecule has 8 nitrogen and oxygen atoms in total. The van der Waals surface area contributed by atoms with Crippen molar-refractivity contribution < 1.29 is 27.4 Å². The first-order valence-electron chi connectivity index (χ1n) is 11.1. The summed E-state index contributed by atoms with van der Waals surface area (Å²) in [6.45, 7) is 1.82. The van der Waals surface area contributed by atoms with Crippen LogP contribution in [0.5, 0.6) is 17.2 Å². The first kappa shape index (κ1) is 24.2. The van der Waals surface area contributed by atoms with Crippen molar-refractivity contribution in [1.29, 1.82) is 0 Å². The van der Waals surface area contributed by atoms with Crippen molar-refractivity contribution in [3.63, 3.8) is 0 Å². The van der Waals surface area contributed by atoms with Gasteiger partial charge >= 0.3 is 0 Å². The van der Waals surface area contributed by atoms with Gasteiger partial charge in [0.05, 0.1) is 7.11 Å². The topological polar surface area (TPSA) is 95.9 Å². The minimum absolute atomic E-state index is 0.138. The highest BCUT2D eigenvalue weighted by Crippen LogP contribution is 2.41. The van der Waals surface area contributed by atoms with Gasteiger partial charge in [-0.15, -0.1) is 0 Å². The van der Waals surface area contributed by atoms with E-state index in [1.807, 2.05) is 36.7 Å². The van der Waals surface area contributed by atoms with Gasteiger partial charge in [-0.25, -0.2) is 13.1 Å². The fourth-order valence-electron chi connectivity index (χ4n) is 4.35. The summed E-state index contributed by atoms with van der Waals surface area (Å²) >= 11 is 3.48. The number of benzene rings is 3. The molecular weight excluding hydrogens is 548 g/mol. The highest BCUT2D eigenvalue weighted by atomic mass is 79.9. The normalized spacial score (nSPS) is 14.1. The van der Waals surface area contributed by atoms with Crippen LogP contribution in [0.4, 0.5) is 0 Å². The Morgan fingerprint density at radius 1 is 1.08 bits per heavy atom. The van der Waals surface area contributed by atoms with E-state index in [0.29, 0.717) is 17.1 Å². The molecule has 1 atom stereocenters. The van der Waals surface area contributed by atoms with E-state index in [1.165, 1.54) is 13.2 Å². The van der Waals surface area contributed by atoms with Gasteiger partial charge in [-0.2, -0.15) is 0 Å². The smallest absolute Gasteiger partial charge is 0.267 e. The molecule has 186 valence electrons. The number of nitrogens with zero attached hydrogens (tertiary/aromatic N) is 1. The molecule has 0 spiro atoms. The van der Waals surface area contributed by atoms with E-state index >= 15 is 0 Å². The van der Waals surface area contributed by atoms with E-state index in [1.54, 1.807) is 42.6 Å². The zero-order valence-corrected chi connectivity index (χ0v) is 22.1. The number of ether oxygens (including phenoxy) is 3. The third kappa shape index (κ3) is 4.31. The average Bonchev–Trinajstić information content (AvgIpc) is 3.39. The lowest BCUT2D eigenvalue weighted by Crippen LogP contribution is -2.42. The number of aromatic nitrogens is 1. The second-order valence-electron chi connectivity index (χ2n) is 8.51. The van der Waals surface area contributed by atoms with Crippen molar-refractivity contribution in [2.24, 2.45) is 7.05 Å². The molecule has 1 aromatic heterocycles. The van der Waals surface area contributed by atoms with Crippen LogP contribution in [-0.2, 0) is 21.9 Å². The number of carbonyl (C=O) groups is 1. The van der Waals surface area contributed by atoms with Crippen LogP contribution in [0.25, 0.3) is 10.9 Å². The quantitative estimate of drug-likeness (QED) is 0.362. The number of aryl methyl sites for hydroxylation is 2. The van der Waals surface area contributed by atoms with Crippen LogP contribution in [0.1, 0.15) is 17.0 Å². The SMILES string of the molecule is COc1cc(C)ccc1S(=O)(=O)NC(=O)C(c1cn(C)c2cc(Br)ccc12)C1Oc2ccccc2O1. The zero-order valence-electron chi connectivity index (χ0n) is 19.7. The molecule has 36 heavy (non-hydrogen) atoms. The van der Waals surface area contributed by atoms with Crippen LogP contribution < -0.4 is 18.9 Å². The molecular formula is C26H23BrN2O6S. The lowest BCUT2D eigenvalue weighted by Gasteiger charge is -2.22. The maximum atomic E-state index is 13.7. The van der Waals surface area contributed by atoms with Crippen LogP contribution in [0.15, 0.2) is 76.2 Å². The van der Waals surface area contributed by atoms with Crippen LogP contribution in [-0.4, -0.2) is 32.3 Å². The Balaban J connectivity index is 1.58. The van der Waals surface area contributed by atoms with Crippen LogP contribution >= 0.6 is 15.9 Å². The fraction of sp³-hybridized carbons (Fsp3) is 0.192. The van der Waals surface area contributed by atoms with Crippen LogP contribution in [0.2, 0.25) is 0 Å². The zero-order chi connectivity index (χ0) is 25.6. The van der Waals surface area contributed by atoms with E-state index in [2.05, 4.69) is 20.7 Å². The van der Waals surface area contributed by atoms with Gasteiger partial charge in [0.15, 0.2) is 11.5 Å². The summed E-state index contributed by atoms with van der Waals surface area (Å²) in [6, 6.07) is 17.4. The van der Waals surface area contributed by atoms with E-state index in [4.69, 9.17) is 14.2 Å². The molecule has 0 aliphatic carbocycles. The highest BCUT2D eigenvalue weighted by Gasteiger charge is 2.41. The molecule has 10 heteroatoms. The molecule has 0 fully saturated rings. The van der Waals surface area contributed by atoms with Gasteiger partial charge in [0.1, 0.15) is 16.6 Å². The van der Waals surface area contributed by atoms with Crippen molar-refractivity contribution >= 4 is 42.8 Å². The Hall–Kier alpha value is -3.50. The standard InChI is InChI=1S/C26H23BrN2O6S/c1-15-8-11-23(22(12-15)33-3)36(31,32)28-25(30)24(26-34-20-6-4-5-7-21(20)35-26)18-14-29(2)19-13-16(27)9-10-17(18)19/h4-14,24,26H,1-3H3,(H,28,30). The predicted octanol–water partition coefficient (Wildman–Crippen LogP) is 4.64. The fourth-order valence-corrected chi connectivity index (χ4v) is 5.86. The summed E-state index contributed by atoms with van der Waals surface area (Å²) in [5.41, 5.74) is 2.25. The summed E-state index contributed by atoms with van der Waals surface area (Å²) < 4.78 is 48.8. The summed E-state index contributed by atoms with van der Waals surface area (Å²) in [7, 11) is -1.04. The molecule has 0 saturated carbocycles. The summed E-state index contributed by atoms with van der Waals surface area (Å²) in [5.74, 6) is -0.792. The van der Waals surface area contributed by atoms with Gasteiger partial charge in [-0.05, 0) is 54.4 Å². The minimum Gasteiger partial charge on any atom is -0.495 e. The molecule has 1 amide bonds. The Bertz CT molecular complexity index is 1570. The van der Waals surface area contributed by atoms with Crippen molar-refractivity contribution in [3.8, 4) is 17.2 Å². The van der Waals surface area contributed by atoms with Gasteiger partial charge in [0, 0.05) is 28.6 Å². The lowest BCUT2D eigenvalue weighted by molar-refractivity contribution is -0.126. The van der Waals surface area contributed by atoms with Crippen molar-refractivity contribution in [1.82, 2.24) is 9.29 Å². The molecule has 3 aromatic carbocycles. The number of rotatable bonds is 6. The van der Waals surface area contributed by atoms with Gasteiger partial charge in [-0.1, -0.05) is 40.2 Å². The maximum Gasteiger partial charge on any atom is 0.267 e. The third-order valence-electron chi connectivity index (χ3n) is 6.05. The monoisotopic (exact) mass is 570 g/mol. The van der Waals surface area contributed by atoms with E-state index in [-0.39, 0.29) is 10.6 Å². The lowest BCUT2D eigenvalue weighted by atomic mass is 9.97. The van der Waals surface area contributed by atoms with Gasteiger partial charge in [-0.3, -0.25) is 4.79 Å². The van der Waals surface area contributed by atoms with E-state index in [0.717, 1.165) is 20.9 Å². The third-order valence-corrected chi connectivity index (χ3v) is 7.93. The number of amides is 1. The first-order chi connectivity index (χ1) is 17.2. The number of hydrogen-bond donors (Lipinski definition) is 1. The van der Waals surface area contributed by atoms with Gasteiger partial charge < -0.3 is 18.8 Å². The number of fused-ring (bicyclic) bond motifs is 2. The molecule has 1 N–H and O–H groups in total. The number of hydrogen-bond acceptors (Lipinski definition) is 6. The Morgan fingerprint density at radius 3 is 2.44 bits per heavy atom. The molecule has 0 radical (unpaired) electrons. The summed E-state index contributed by atoms with van der Waals surface area (Å²) in [6.07, 6.45) is 0.711. The molecule has 0 bridgehead atoms. The van der Waals surface area contributed by atoms with Crippen LogP contribution in [0.3, 0.4) is 0 Å². The number of nitrogens with one attached hydrogen (secondary N) is 1. The number of sulfonamides is 1. The highest BCUT2D eigenvalue weighted by molar-refractivity contribution is 9.10. The summed E-state index contributed by atoms with van der Waals surface area (Å²) in [5, 5.41) is 0.773. The minimum atomic E-state index is -4.27. The molecule has 1 aliphatic heterocycles. The second-order valence-corrected chi connectivity index (χ2v) is 11.1. The molecule has 1 aliphatic rings. The van der Waals surface area contributed by atoms with Crippen molar-refractivity contribution in [2.45, 2.75) is 24.0 Å². The number of carbonyl (C=O) groups excluding carboxylic acids is 1. The van der Waals surface area contributed by atoms with Crippen molar-refractivity contribution in [2.75, 3.05) is 7.11 Å². The van der Waals surface area contributed by atoms with Crippen LogP contribution in [0, 0.1) is 6.92 Å². The molecule has 2 heterocycles. The number of halogens is 1. The second kappa shape index (κ2) is 9.18. The Kier molecular flexibility index (Phi) is 6.17. The number of methoxy groups -OCH3 is 1.